The molecule has 0 spiro atoms. The van der Waals surface area contributed by atoms with Gasteiger partial charge in [-0.2, -0.15) is 5.10 Å². The first-order valence-corrected chi connectivity index (χ1v) is 5.46. The predicted molar refractivity (Wildman–Crippen MR) is 58.6 cm³/mol. The Kier molecular flexibility index (Phi) is 2.48. The molecule has 2 rings (SSSR count). The van der Waals surface area contributed by atoms with Gasteiger partial charge in [0.25, 0.3) is 0 Å². The van der Waals surface area contributed by atoms with Crippen LogP contribution in [0, 0.1) is 12.8 Å². The summed E-state index contributed by atoms with van der Waals surface area (Å²) in [4.78, 5) is 0. The molecule has 1 N–H and O–H groups in total. The molecule has 1 aromatic rings. The fraction of sp³-hybridized carbons (Fsp3) is 0.727. The van der Waals surface area contributed by atoms with Gasteiger partial charge in [-0.15, -0.1) is 0 Å². The summed E-state index contributed by atoms with van der Waals surface area (Å²) in [5.41, 5.74) is 2.31. The molecule has 0 aromatic carbocycles. The number of rotatable bonds is 4. The lowest BCUT2D eigenvalue weighted by molar-refractivity contribution is 0.529. The average molecular weight is 193 g/mol. The first kappa shape index (κ1) is 9.56. The molecule has 0 atom stereocenters. The van der Waals surface area contributed by atoms with E-state index in [0.717, 1.165) is 18.2 Å². The second-order valence-corrected chi connectivity index (χ2v) is 4.53. The minimum Gasteiger partial charge on any atom is -0.382 e. The van der Waals surface area contributed by atoms with Crippen molar-refractivity contribution in [2.75, 3.05) is 11.9 Å². The van der Waals surface area contributed by atoms with E-state index in [4.69, 9.17) is 0 Å². The summed E-state index contributed by atoms with van der Waals surface area (Å²) in [6.07, 6.45) is 4.90. The molecule has 1 aliphatic rings. The van der Waals surface area contributed by atoms with Crippen LogP contribution in [0.2, 0.25) is 0 Å². The number of aryl methyl sites for hydroxylation is 1. The number of hydrogen-bond acceptors (Lipinski definition) is 2. The predicted octanol–water partition coefficient (Wildman–Crippen LogP) is 2.59. The Labute approximate surface area is 85.5 Å². The van der Waals surface area contributed by atoms with E-state index in [1.54, 1.807) is 0 Å². The van der Waals surface area contributed by atoms with E-state index in [1.165, 1.54) is 18.5 Å². The zero-order chi connectivity index (χ0) is 10.1. The van der Waals surface area contributed by atoms with E-state index in [9.17, 15) is 0 Å². The maximum absolute atomic E-state index is 4.46. The Morgan fingerprint density at radius 1 is 1.57 bits per heavy atom. The lowest BCUT2D eigenvalue weighted by atomic mass is 10.3. The summed E-state index contributed by atoms with van der Waals surface area (Å²) in [6, 6.07) is 0.449. The van der Waals surface area contributed by atoms with Gasteiger partial charge in [-0.1, -0.05) is 0 Å². The highest BCUT2D eigenvalue weighted by molar-refractivity contribution is 5.45. The molecule has 1 aromatic heterocycles. The van der Waals surface area contributed by atoms with Gasteiger partial charge < -0.3 is 5.32 Å². The smallest absolute Gasteiger partial charge is 0.0825 e. The SMILES string of the molecule is Cc1nn(C(C)C)cc1NCC1CC1. The quantitative estimate of drug-likeness (QED) is 0.796. The van der Waals surface area contributed by atoms with Gasteiger partial charge in [-0.3, -0.25) is 4.68 Å². The Bertz CT molecular complexity index is 310. The lowest BCUT2D eigenvalue weighted by Gasteiger charge is -2.03. The third kappa shape index (κ3) is 2.08. The van der Waals surface area contributed by atoms with E-state index in [2.05, 4.69) is 37.4 Å². The first-order valence-electron chi connectivity index (χ1n) is 5.46. The first-order chi connectivity index (χ1) is 6.66. The van der Waals surface area contributed by atoms with Crippen molar-refractivity contribution >= 4 is 5.69 Å². The number of aromatic nitrogens is 2. The number of nitrogens with one attached hydrogen (secondary N) is 1. The second kappa shape index (κ2) is 3.64. The topological polar surface area (TPSA) is 29.9 Å². The van der Waals surface area contributed by atoms with Crippen LogP contribution in [0.3, 0.4) is 0 Å². The van der Waals surface area contributed by atoms with Crippen LogP contribution in [0.4, 0.5) is 5.69 Å². The zero-order valence-corrected chi connectivity index (χ0v) is 9.25. The van der Waals surface area contributed by atoms with Gasteiger partial charge in [0.05, 0.1) is 11.4 Å². The highest BCUT2D eigenvalue weighted by Gasteiger charge is 2.21. The Balaban J connectivity index is 2.00. The number of hydrogen-bond donors (Lipinski definition) is 1. The molecule has 0 aliphatic heterocycles. The molecule has 1 heterocycles. The Morgan fingerprint density at radius 3 is 2.79 bits per heavy atom. The minimum atomic E-state index is 0.449. The van der Waals surface area contributed by atoms with Crippen LogP contribution in [-0.4, -0.2) is 16.3 Å². The molecule has 3 heteroatoms. The van der Waals surface area contributed by atoms with Crippen LogP contribution in [0.5, 0.6) is 0 Å². The van der Waals surface area contributed by atoms with Gasteiger partial charge in [0.15, 0.2) is 0 Å². The highest BCUT2D eigenvalue weighted by Crippen LogP contribution is 2.29. The van der Waals surface area contributed by atoms with Gasteiger partial charge in [0, 0.05) is 18.8 Å². The summed E-state index contributed by atoms with van der Waals surface area (Å²) in [7, 11) is 0. The second-order valence-electron chi connectivity index (χ2n) is 4.53. The summed E-state index contributed by atoms with van der Waals surface area (Å²) in [6.45, 7) is 7.48. The third-order valence-electron chi connectivity index (χ3n) is 2.72. The fourth-order valence-corrected chi connectivity index (χ4v) is 1.50. The van der Waals surface area contributed by atoms with Crippen LogP contribution in [0.1, 0.15) is 38.4 Å². The third-order valence-corrected chi connectivity index (χ3v) is 2.72. The fourth-order valence-electron chi connectivity index (χ4n) is 1.50. The molecule has 78 valence electrons. The molecular formula is C11H19N3. The van der Waals surface area contributed by atoms with E-state index < -0.39 is 0 Å². The van der Waals surface area contributed by atoms with Crippen molar-refractivity contribution in [2.45, 2.75) is 39.7 Å². The van der Waals surface area contributed by atoms with Crippen LogP contribution < -0.4 is 5.32 Å². The summed E-state index contributed by atoms with van der Waals surface area (Å²) in [5, 5.41) is 7.93. The van der Waals surface area contributed by atoms with Gasteiger partial charge in [-0.05, 0) is 39.5 Å². The molecule has 3 nitrogen and oxygen atoms in total. The van der Waals surface area contributed by atoms with Gasteiger partial charge in [0.1, 0.15) is 0 Å². The molecule has 14 heavy (non-hydrogen) atoms. The van der Waals surface area contributed by atoms with Crippen LogP contribution in [0.25, 0.3) is 0 Å². The molecule has 0 unspecified atom stereocenters. The van der Waals surface area contributed by atoms with Crippen molar-refractivity contribution < 1.29 is 0 Å². The lowest BCUT2D eigenvalue weighted by Crippen LogP contribution is -2.03. The molecule has 1 aliphatic carbocycles. The van der Waals surface area contributed by atoms with Crippen LogP contribution in [0.15, 0.2) is 6.20 Å². The monoisotopic (exact) mass is 193 g/mol. The van der Waals surface area contributed by atoms with E-state index in [1.807, 2.05) is 4.68 Å². The van der Waals surface area contributed by atoms with Crippen molar-refractivity contribution in [1.29, 1.82) is 0 Å². The molecule has 0 radical (unpaired) electrons. The van der Waals surface area contributed by atoms with Crippen molar-refractivity contribution in [1.82, 2.24) is 9.78 Å². The molecule has 1 saturated carbocycles. The highest BCUT2D eigenvalue weighted by atomic mass is 15.3. The molecule has 1 fully saturated rings. The summed E-state index contributed by atoms with van der Waals surface area (Å²) < 4.78 is 2.02. The standard InChI is InChI=1S/C11H19N3/c1-8(2)14-7-11(9(3)13-14)12-6-10-4-5-10/h7-8,10,12H,4-6H2,1-3H3. The summed E-state index contributed by atoms with van der Waals surface area (Å²) >= 11 is 0. The van der Waals surface area contributed by atoms with Crippen molar-refractivity contribution in [2.24, 2.45) is 5.92 Å². The van der Waals surface area contributed by atoms with Gasteiger partial charge in [0.2, 0.25) is 0 Å². The maximum atomic E-state index is 4.46. The maximum Gasteiger partial charge on any atom is 0.0825 e. The average Bonchev–Trinajstić information content (AvgIpc) is 2.87. The Hall–Kier alpha value is -0.990. The molecule has 0 bridgehead atoms. The Morgan fingerprint density at radius 2 is 2.29 bits per heavy atom. The number of nitrogens with zero attached hydrogens (tertiary/aromatic N) is 2. The van der Waals surface area contributed by atoms with Crippen LogP contribution in [-0.2, 0) is 0 Å². The van der Waals surface area contributed by atoms with E-state index in [-0.39, 0.29) is 0 Å². The molecule has 0 amide bonds. The molecule has 0 saturated heterocycles. The van der Waals surface area contributed by atoms with E-state index >= 15 is 0 Å². The number of anilines is 1. The van der Waals surface area contributed by atoms with Crippen molar-refractivity contribution in [3.8, 4) is 0 Å². The van der Waals surface area contributed by atoms with Crippen molar-refractivity contribution in [3.63, 3.8) is 0 Å². The van der Waals surface area contributed by atoms with Crippen molar-refractivity contribution in [3.05, 3.63) is 11.9 Å². The zero-order valence-electron chi connectivity index (χ0n) is 9.25. The molecular weight excluding hydrogens is 174 g/mol. The van der Waals surface area contributed by atoms with Gasteiger partial charge in [-0.25, -0.2) is 0 Å². The van der Waals surface area contributed by atoms with Gasteiger partial charge >= 0.3 is 0 Å². The normalized spacial score (nSPS) is 16.3. The minimum absolute atomic E-state index is 0.449. The van der Waals surface area contributed by atoms with E-state index in [0.29, 0.717) is 6.04 Å². The summed E-state index contributed by atoms with van der Waals surface area (Å²) in [5.74, 6) is 0.914. The largest absolute Gasteiger partial charge is 0.382 e. The van der Waals surface area contributed by atoms with Crippen LogP contribution >= 0.6 is 0 Å².